The zero-order valence-electron chi connectivity index (χ0n) is 14.5. The summed E-state index contributed by atoms with van der Waals surface area (Å²) < 4.78 is 30.7. The number of hydrogen-bond donors (Lipinski definition) is 1. The maximum absolute atomic E-state index is 12.3. The molecule has 0 unspecified atom stereocenters. The van der Waals surface area contributed by atoms with Gasteiger partial charge in [0.2, 0.25) is 10.0 Å². The molecule has 0 saturated carbocycles. The maximum atomic E-state index is 12.3. The molecule has 0 heterocycles. The number of hydrogen-bond acceptors (Lipinski definition) is 4. The molecule has 7 heteroatoms. The van der Waals surface area contributed by atoms with Gasteiger partial charge in [0.1, 0.15) is 5.75 Å². The van der Waals surface area contributed by atoms with E-state index in [4.69, 9.17) is 4.74 Å². The van der Waals surface area contributed by atoms with Crippen LogP contribution in [0.5, 0.6) is 5.75 Å². The number of carbonyl (C=O) groups is 1. The van der Waals surface area contributed by atoms with E-state index in [9.17, 15) is 13.2 Å². The number of ether oxygens (including phenoxy) is 1. The van der Waals surface area contributed by atoms with E-state index in [1.165, 1.54) is 38.4 Å². The van der Waals surface area contributed by atoms with Gasteiger partial charge in [-0.3, -0.25) is 4.79 Å². The highest BCUT2D eigenvalue weighted by Crippen LogP contribution is 2.18. The average Bonchev–Trinajstić information content (AvgIpc) is 2.61. The highest BCUT2D eigenvalue weighted by molar-refractivity contribution is 7.89. The van der Waals surface area contributed by atoms with Crippen LogP contribution in [-0.2, 0) is 10.0 Å². The molecule has 2 aromatic carbocycles. The molecular formula is C18H22N2O4S. The predicted octanol–water partition coefficient (Wildman–Crippen LogP) is 2.98. The quantitative estimate of drug-likeness (QED) is 0.822. The van der Waals surface area contributed by atoms with E-state index in [1.54, 1.807) is 24.3 Å². The van der Waals surface area contributed by atoms with Gasteiger partial charge in [-0.2, -0.15) is 0 Å². The molecule has 0 aliphatic carbocycles. The second kappa shape index (κ2) is 8.13. The van der Waals surface area contributed by atoms with Crippen molar-refractivity contribution in [2.24, 2.45) is 0 Å². The summed E-state index contributed by atoms with van der Waals surface area (Å²) in [5, 5.41) is 2.77. The molecule has 0 aliphatic rings. The highest BCUT2D eigenvalue weighted by atomic mass is 32.2. The first-order valence-corrected chi connectivity index (χ1v) is 9.35. The number of amides is 1. The van der Waals surface area contributed by atoms with E-state index in [2.05, 4.69) is 5.32 Å². The molecule has 0 bridgehead atoms. The summed E-state index contributed by atoms with van der Waals surface area (Å²) in [5.74, 6) is 0.439. The van der Waals surface area contributed by atoms with Crippen molar-refractivity contribution < 1.29 is 17.9 Å². The van der Waals surface area contributed by atoms with Crippen LogP contribution in [0.4, 0.5) is 5.69 Å². The smallest absolute Gasteiger partial charge is 0.255 e. The lowest BCUT2D eigenvalue weighted by atomic mass is 10.2. The Morgan fingerprint density at radius 2 is 1.64 bits per heavy atom. The standard InChI is InChI=1S/C18H22N2O4S/c1-4-13-24-16-9-7-15(8-10-16)19-18(21)14-5-11-17(12-6-14)25(22,23)20(2)3/h5-12H,4,13H2,1-3H3,(H,19,21). The minimum absolute atomic E-state index is 0.145. The van der Waals surface area contributed by atoms with Crippen molar-refractivity contribution in [3.05, 3.63) is 54.1 Å². The third-order valence-electron chi connectivity index (χ3n) is 3.48. The predicted molar refractivity (Wildman–Crippen MR) is 97.5 cm³/mol. The molecule has 0 spiro atoms. The number of anilines is 1. The van der Waals surface area contributed by atoms with Gasteiger partial charge in [-0.15, -0.1) is 0 Å². The Hall–Kier alpha value is -2.38. The molecule has 0 aliphatic heterocycles. The maximum Gasteiger partial charge on any atom is 0.255 e. The van der Waals surface area contributed by atoms with Crippen molar-refractivity contribution >= 4 is 21.6 Å². The molecule has 2 rings (SSSR count). The van der Waals surface area contributed by atoms with E-state index in [1.807, 2.05) is 6.92 Å². The molecule has 0 aromatic heterocycles. The molecule has 0 atom stereocenters. The summed E-state index contributed by atoms with van der Waals surface area (Å²) in [6, 6.07) is 12.9. The molecule has 0 saturated heterocycles. The first-order valence-electron chi connectivity index (χ1n) is 7.91. The van der Waals surface area contributed by atoms with E-state index >= 15 is 0 Å². The summed E-state index contributed by atoms with van der Waals surface area (Å²) in [4.78, 5) is 12.4. The Bertz CT molecular complexity index is 813. The number of nitrogens with one attached hydrogen (secondary N) is 1. The topological polar surface area (TPSA) is 75.7 Å². The minimum atomic E-state index is -3.50. The second-order valence-electron chi connectivity index (χ2n) is 5.64. The van der Waals surface area contributed by atoms with Crippen LogP contribution in [0.3, 0.4) is 0 Å². The molecule has 0 radical (unpaired) electrons. The summed E-state index contributed by atoms with van der Waals surface area (Å²) in [7, 11) is -0.579. The molecule has 134 valence electrons. The van der Waals surface area contributed by atoms with Gasteiger partial charge in [0.25, 0.3) is 5.91 Å². The summed E-state index contributed by atoms with van der Waals surface area (Å²) in [6.45, 7) is 2.68. The van der Waals surface area contributed by atoms with Crippen LogP contribution in [0.2, 0.25) is 0 Å². The van der Waals surface area contributed by atoms with Crippen molar-refractivity contribution in [2.45, 2.75) is 18.2 Å². The molecule has 6 nitrogen and oxygen atoms in total. The van der Waals surface area contributed by atoms with Crippen molar-refractivity contribution in [3.63, 3.8) is 0 Å². The number of rotatable bonds is 7. The zero-order valence-corrected chi connectivity index (χ0v) is 15.3. The molecular weight excluding hydrogens is 340 g/mol. The van der Waals surface area contributed by atoms with Crippen molar-refractivity contribution in [1.29, 1.82) is 0 Å². The zero-order chi connectivity index (χ0) is 18.4. The lowest BCUT2D eigenvalue weighted by Gasteiger charge is -2.12. The fourth-order valence-corrected chi connectivity index (χ4v) is 2.95. The van der Waals surface area contributed by atoms with Gasteiger partial charge in [0.15, 0.2) is 0 Å². The fourth-order valence-electron chi connectivity index (χ4n) is 2.05. The minimum Gasteiger partial charge on any atom is -0.494 e. The van der Waals surface area contributed by atoms with E-state index in [0.717, 1.165) is 16.5 Å². The van der Waals surface area contributed by atoms with E-state index < -0.39 is 10.0 Å². The van der Waals surface area contributed by atoms with Crippen LogP contribution in [-0.4, -0.2) is 39.3 Å². The van der Waals surface area contributed by atoms with Crippen LogP contribution in [0.1, 0.15) is 23.7 Å². The third kappa shape index (κ3) is 4.80. The SMILES string of the molecule is CCCOc1ccc(NC(=O)c2ccc(S(=O)(=O)N(C)C)cc2)cc1. The first-order chi connectivity index (χ1) is 11.8. The van der Waals surface area contributed by atoms with E-state index in [-0.39, 0.29) is 10.8 Å². The lowest BCUT2D eigenvalue weighted by Crippen LogP contribution is -2.22. The Balaban J connectivity index is 2.06. The molecule has 1 N–H and O–H groups in total. The first kappa shape index (κ1) is 19.0. The van der Waals surface area contributed by atoms with E-state index in [0.29, 0.717) is 17.9 Å². The van der Waals surface area contributed by atoms with Gasteiger partial charge in [-0.25, -0.2) is 12.7 Å². The van der Waals surface area contributed by atoms with Crippen LogP contribution in [0.25, 0.3) is 0 Å². The van der Waals surface area contributed by atoms with Crippen LogP contribution in [0.15, 0.2) is 53.4 Å². The summed E-state index contributed by atoms with van der Waals surface area (Å²) >= 11 is 0. The Labute approximate surface area is 148 Å². The van der Waals surface area contributed by atoms with Gasteiger partial charge in [-0.05, 0) is 55.0 Å². The number of carbonyl (C=O) groups excluding carboxylic acids is 1. The monoisotopic (exact) mass is 362 g/mol. The van der Waals surface area contributed by atoms with Crippen LogP contribution < -0.4 is 10.1 Å². The van der Waals surface area contributed by atoms with Crippen LogP contribution >= 0.6 is 0 Å². The summed E-state index contributed by atoms with van der Waals surface area (Å²) in [6.07, 6.45) is 0.929. The largest absolute Gasteiger partial charge is 0.494 e. The van der Waals surface area contributed by atoms with Gasteiger partial charge in [-0.1, -0.05) is 6.92 Å². The average molecular weight is 362 g/mol. The Kier molecular flexibility index (Phi) is 6.17. The van der Waals surface area contributed by atoms with Gasteiger partial charge >= 0.3 is 0 Å². The van der Waals surface area contributed by atoms with Crippen LogP contribution in [0, 0.1) is 0 Å². The molecule has 1 amide bonds. The normalized spacial score (nSPS) is 11.4. The number of sulfonamides is 1. The highest BCUT2D eigenvalue weighted by Gasteiger charge is 2.17. The molecule has 0 fully saturated rings. The Morgan fingerprint density at radius 3 is 2.16 bits per heavy atom. The fraction of sp³-hybridized carbons (Fsp3) is 0.278. The van der Waals surface area contributed by atoms with Gasteiger partial charge in [0.05, 0.1) is 11.5 Å². The lowest BCUT2D eigenvalue weighted by molar-refractivity contribution is 0.102. The molecule has 25 heavy (non-hydrogen) atoms. The summed E-state index contributed by atoms with van der Waals surface area (Å²) in [5.41, 5.74) is 1.02. The third-order valence-corrected chi connectivity index (χ3v) is 5.31. The molecule has 2 aromatic rings. The van der Waals surface area contributed by atoms with Gasteiger partial charge in [0, 0.05) is 25.3 Å². The second-order valence-corrected chi connectivity index (χ2v) is 7.79. The number of nitrogens with zero attached hydrogens (tertiary/aromatic N) is 1. The Morgan fingerprint density at radius 1 is 1.04 bits per heavy atom. The van der Waals surface area contributed by atoms with Crippen molar-refractivity contribution in [3.8, 4) is 5.75 Å². The van der Waals surface area contributed by atoms with Crippen molar-refractivity contribution in [1.82, 2.24) is 4.31 Å². The number of benzene rings is 2. The van der Waals surface area contributed by atoms with Gasteiger partial charge < -0.3 is 10.1 Å². The van der Waals surface area contributed by atoms with Crippen molar-refractivity contribution in [2.75, 3.05) is 26.0 Å².